The van der Waals surface area contributed by atoms with Crippen LogP contribution in [0.15, 0.2) is 48.0 Å². The van der Waals surface area contributed by atoms with Crippen molar-refractivity contribution < 1.29 is 23.0 Å². The van der Waals surface area contributed by atoms with Gasteiger partial charge in [0.15, 0.2) is 0 Å². The van der Waals surface area contributed by atoms with Crippen LogP contribution in [0.3, 0.4) is 0 Å². The van der Waals surface area contributed by atoms with Crippen LogP contribution in [0.5, 0.6) is 0 Å². The molecule has 0 bridgehead atoms. The van der Waals surface area contributed by atoms with Gasteiger partial charge in [-0.2, -0.15) is 0 Å². The van der Waals surface area contributed by atoms with Crippen molar-refractivity contribution in [2.24, 2.45) is 13.0 Å². The van der Waals surface area contributed by atoms with Gasteiger partial charge in [-0.1, -0.05) is 35.9 Å². The molecule has 2 aromatic carbocycles. The lowest BCUT2D eigenvalue weighted by Gasteiger charge is -2.40. The highest BCUT2D eigenvalue weighted by Gasteiger charge is 2.44. The zero-order valence-electron chi connectivity index (χ0n) is 23.6. The minimum Gasteiger partial charge on any atom is -0.460 e. The summed E-state index contributed by atoms with van der Waals surface area (Å²) in [4.78, 5) is 20.7. The second kappa shape index (κ2) is 9.93. The largest absolute Gasteiger partial charge is 0.460 e. The van der Waals surface area contributed by atoms with E-state index in [1.54, 1.807) is 20.8 Å². The number of fused-ring (bicyclic) bond motifs is 2. The van der Waals surface area contributed by atoms with Gasteiger partial charge in [0.1, 0.15) is 23.1 Å². The third-order valence-corrected chi connectivity index (χ3v) is 8.29. The summed E-state index contributed by atoms with van der Waals surface area (Å²) < 4.78 is 42.9. The molecule has 0 saturated carbocycles. The molecule has 1 aliphatic carbocycles. The average molecular weight is 548 g/mol. The summed E-state index contributed by atoms with van der Waals surface area (Å²) in [5, 5.41) is 0. The summed E-state index contributed by atoms with van der Waals surface area (Å²) in [7, 11) is 2.07. The van der Waals surface area contributed by atoms with Crippen LogP contribution in [0.1, 0.15) is 80.0 Å². The highest BCUT2D eigenvalue weighted by molar-refractivity contribution is 5.74. The summed E-state index contributed by atoms with van der Waals surface area (Å²) in [6.45, 7) is 9.14. The molecule has 3 heterocycles. The summed E-state index contributed by atoms with van der Waals surface area (Å²) >= 11 is 0. The molecule has 1 unspecified atom stereocenters. The normalized spacial score (nSPS) is 24.5. The van der Waals surface area contributed by atoms with E-state index < -0.39 is 35.2 Å². The van der Waals surface area contributed by atoms with Crippen LogP contribution in [0, 0.1) is 17.6 Å². The van der Waals surface area contributed by atoms with Crippen molar-refractivity contribution >= 4 is 12.0 Å². The minimum atomic E-state index is -0.922. The van der Waals surface area contributed by atoms with Gasteiger partial charge in [0.2, 0.25) is 0 Å². The number of aromatic nitrogens is 2. The van der Waals surface area contributed by atoms with E-state index >= 15 is 0 Å². The van der Waals surface area contributed by atoms with E-state index in [1.165, 1.54) is 16.7 Å². The number of nitrogens with zero attached hydrogens (tertiary/aromatic N) is 3. The van der Waals surface area contributed by atoms with Crippen molar-refractivity contribution in [1.82, 2.24) is 14.5 Å². The van der Waals surface area contributed by atoms with Crippen molar-refractivity contribution in [3.8, 4) is 0 Å². The third-order valence-electron chi connectivity index (χ3n) is 8.29. The first-order chi connectivity index (χ1) is 19.0. The molecule has 0 radical (unpaired) electrons. The molecule has 0 N–H and O–H groups in total. The number of halogens is 2. The number of benzene rings is 2. The van der Waals surface area contributed by atoms with E-state index in [-0.39, 0.29) is 17.5 Å². The number of rotatable bonds is 4. The van der Waals surface area contributed by atoms with Crippen molar-refractivity contribution in [2.75, 3.05) is 6.61 Å². The average Bonchev–Trinajstić information content (AvgIpc) is 3.55. The van der Waals surface area contributed by atoms with Gasteiger partial charge >= 0.3 is 5.97 Å². The fraction of sp³-hybridized carbons (Fsp3) is 0.438. The monoisotopic (exact) mass is 547 g/mol. The molecular formula is C32H35F2N3O3. The van der Waals surface area contributed by atoms with Crippen molar-refractivity contribution in [3.05, 3.63) is 93.6 Å². The smallest absolute Gasteiger partial charge is 0.312 e. The first-order valence-electron chi connectivity index (χ1n) is 13.8. The molecule has 1 fully saturated rings. The quantitative estimate of drug-likeness (QED) is 0.372. The van der Waals surface area contributed by atoms with Crippen LogP contribution in [-0.2, 0) is 34.4 Å². The van der Waals surface area contributed by atoms with Crippen LogP contribution in [0.2, 0.25) is 0 Å². The number of carbonyl (C=O) groups excluding carboxylic acids is 1. The van der Waals surface area contributed by atoms with E-state index in [0.717, 1.165) is 35.4 Å². The lowest BCUT2D eigenvalue weighted by atomic mass is 9.86. The molecule has 0 amide bonds. The number of hydrogen-bond acceptors (Lipinski definition) is 5. The lowest BCUT2D eigenvalue weighted by molar-refractivity contribution is -0.174. The first-order valence-corrected chi connectivity index (χ1v) is 13.8. The maximum Gasteiger partial charge on any atom is 0.312 e. The maximum atomic E-state index is 14.8. The van der Waals surface area contributed by atoms with Crippen LogP contribution in [0.25, 0.3) is 6.08 Å². The van der Waals surface area contributed by atoms with Gasteiger partial charge in [0.25, 0.3) is 0 Å². The summed E-state index contributed by atoms with van der Waals surface area (Å²) in [5.74, 6) is -1.24. The fourth-order valence-corrected chi connectivity index (χ4v) is 6.42. The van der Waals surface area contributed by atoms with Gasteiger partial charge in [-0.05, 0) is 63.4 Å². The Balaban J connectivity index is 1.23. The van der Waals surface area contributed by atoms with Crippen molar-refractivity contribution in [1.29, 1.82) is 0 Å². The molecule has 40 heavy (non-hydrogen) atoms. The molecule has 8 heteroatoms. The number of imidazole rings is 1. The van der Waals surface area contributed by atoms with Gasteiger partial charge in [0.05, 0.1) is 35.9 Å². The molecule has 6 nitrogen and oxygen atoms in total. The fourth-order valence-electron chi connectivity index (χ4n) is 6.42. The van der Waals surface area contributed by atoms with Crippen LogP contribution in [-0.4, -0.2) is 38.7 Å². The second-order valence-corrected chi connectivity index (χ2v) is 12.2. The predicted molar refractivity (Wildman–Crippen MR) is 147 cm³/mol. The van der Waals surface area contributed by atoms with Crippen LogP contribution < -0.4 is 0 Å². The summed E-state index contributed by atoms with van der Waals surface area (Å²) in [6, 6.07) is 11.6. The molecule has 210 valence electrons. The maximum absolute atomic E-state index is 14.8. The van der Waals surface area contributed by atoms with Gasteiger partial charge in [0, 0.05) is 31.7 Å². The molecule has 3 aromatic rings. The zero-order chi connectivity index (χ0) is 28.3. The third kappa shape index (κ3) is 4.77. The van der Waals surface area contributed by atoms with E-state index in [9.17, 15) is 13.6 Å². The highest BCUT2D eigenvalue weighted by atomic mass is 19.1. The van der Waals surface area contributed by atoms with E-state index in [4.69, 9.17) is 14.5 Å². The van der Waals surface area contributed by atoms with Gasteiger partial charge in [-0.3, -0.25) is 9.69 Å². The van der Waals surface area contributed by atoms with E-state index in [2.05, 4.69) is 53.8 Å². The molecule has 6 rings (SSSR count). The minimum absolute atomic E-state index is 0.0468. The Morgan fingerprint density at radius 1 is 1.10 bits per heavy atom. The molecule has 4 atom stereocenters. The molecule has 0 spiro atoms. The SMILES string of the molecule is CC1=Cc2ccccc2C1c1nc2c(n1C)CN([C@H]1CO[C@@H](c3cc(F)ccc3F)[C@@H](C(=O)OC(C)(C)C)C1)C2. The Kier molecular flexibility index (Phi) is 6.66. The van der Waals surface area contributed by atoms with E-state index in [0.29, 0.717) is 26.1 Å². The van der Waals surface area contributed by atoms with Crippen LogP contribution >= 0.6 is 0 Å². The Morgan fingerprint density at radius 3 is 2.62 bits per heavy atom. The number of esters is 1. The van der Waals surface area contributed by atoms with Crippen molar-refractivity contribution in [2.45, 2.75) is 70.9 Å². The van der Waals surface area contributed by atoms with Crippen LogP contribution in [0.4, 0.5) is 8.78 Å². The Hall–Kier alpha value is -3.36. The lowest BCUT2D eigenvalue weighted by Crippen LogP contribution is -2.46. The van der Waals surface area contributed by atoms with E-state index in [1.807, 2.05) is 0 Å². The Morgan fingerprint density at radius 2 is 1.88 bits per heavy atom. The number of hydrogen-bond donors (Lipinski definition) is 0. The zero-order valence-corrected chi connectivity index (χ0v) is 23.6. The number of ether oxygens (including phenoxy) is 2. The van der Waals surface area contributed by atoms with Gasteiger partial charge in [-0.15, -0.1) is 0 Å². The standard InChI is InChI=1S/C32H35F2N3O3/c1-18-12-19-8-6-7-9-22(19)28(18)30-35-26-15-37(16-27(26)36(30)5)21-14-24(31(38)40-32(2,3)4)29(39-17-21)23-13-20(33)10-11-25(23)34/h6-13,21,24,28-29H,14-17H2,1-5H3/t21-,24+,28?,29+/m1/s1. The highest BCUT2D eigenvalue weighted by Crippen LogP contribution is 2.43. The molecule has 1 saturated heterocycles. The molecular weight excluding hydrogens is 512 g/mol. The Bertz CT molecular complexity index is 1510. The predicted octanol–water partition coefficient (Wildman–Crippen LogP) is 6.05. The number of carbonyl (C=O) groups is 1. The number of allylic oxidation sites excluding steroid dienone is 1. The molecule has 2 aliphatic heterocycles. The summed E-state index contributed by atoms with van der Waals surface area (Å²) in [6.07, 6.45) is 1.72. The molecule has 3 aliphatic rings. The second-order valence-electron chi connectivity index (χ2n) is 12.2. The Labute approximate surface area is 233 Å². The van der Waals surface area contributed by atoms with Gasteiger partial charge < -0.3 is 14.0 Å². The topological polar surface area (TPSA) is 56.6 Å². The summed E-state index contributed by atoms with van der Waals surface area (Å²) in [5.41, 5.74) is 5.31. The molecule has 1 aromatic heterocycles. The van der Waals surface area contributed by atoms with Gasteiger partial charge in [-0.25, -0.2) is 13.8 Å². The first kappa shape index (κ1) is 26.8. The van der Waals surface area contributed by atoms with Crippen molar-refractivity contribution in [3.63, 3.8) is 0 Å².